The van der Waals surface area contributed by atoms with Crippen LogP contribution in [0.5, 0.6) is 5.75 Å². The highest BCUT2D eigenvalue weighted by atomic mass is 35.5. The van der Waals surface area contributed by atoms with Gasteiger partial charge in [0.05, 0.1) is 11.6 Å². The van der Waals surface area contributed by atoms with E-state index in [1.807, 2.05) is 6.07 Å². The van der Waals surface area contributed by atoms with E-state index in [-0.39, 0.29) is 12.0 Å². The van der Waals surface area contributed by atoms with Crippen molar-refractivity contribution in [3.8, 4) is 5.75 Å². The number of carbonyl (C=O) groups excluding carboxylic acids is 1. The van der Waals surface area contributed by atoms with Gasteiger partial charge >= 0.3 is 0 Å². The lowest BCUT2D eigenvalue weighted by molar-refractivity contribution is -0.116. The Morgan fingerprint density at radius 1 is 1.47 bits per heavy atom. The van der Waals surface area contributed by atoms with E-state index >= 15 is 0 Å². The van der Waals surface area contributed by atoms with E-state index < -0.39 is 0 Å². The molecule has 2 aliphatic rings. The molecule has 0 saturated carbocycles. The molecule has 3 rings (SSSR count). The molecule has 0 spiro atoms. The summed E-state index contributed by atoms with van der Waals surface area (Å²) in [6.07, 6.45) is 1.34. The van der Waals surface area contributed by atoms with Gasteiger partial charge in [0.15, 0.2) is 0 Å². The van der Waals surface area contributed by atoms with Crippen LogP contribution in [0.15, 0.2) is 12.1 Å². The van der Waals surface area contributed by atoms with Crippen molar-refractivity contribution in [3.05, 3.63) is 22.7 Å². The second kappa shape index (κ2) is 4.20. The van der Waals surface area contributed by atoms with E-state index in [1.165, 1.54) is 0 Å². The topological polar surface area (TPSA) is 50.9 Å². The molecule has 1 atom stereocenters. The first kappa shape index (κ1) is 10.9. The molecule has 1 saturated heterocycles. The zero-order valence-electron chi connectivity index (χ0n) is 9.16. The Balaban J connectivity index is 1.88. The Hall–Kier alpha value is -1.26. The number of anilines is 1. The maximum atomic E-state index is 11.3. The number of hydrogen-bond acceptors (Lipinski definition) is 3. The van der Waals surface area contributed by atoms with Crippen LogP contribution in [0.3, 0.4) is 0 Å². The Morgan fingerprint density at radius 2 is 2.29 bits per heavy atom. The summed E-state index contributed by atoms with van der Waals surface area (Å²) < 4.78 is 10.8. The highest BCUT2D eigenvalue weighted by Crippen LogP contribution is 2.37. The molecule has 17 heavy (non-hydrogen) atoms. The lowest BCUT2D eigenvalue weighted by atomic mass is 10.0. The summed E-state index contributed by atoms with van der Waals surface area (Å²) in [5, 5.41) is 3.41. The van der Waals surface area contributed by atoms with Gasteiger partial charge in [0, 0.05) is 17.7 Å². The van der Waals surface area contributed by atoms with Crippen LogP contribution in [0.1, 0.15) is 12.0 Å². The van der Waals surface area contributed by atoms with Crippen LogP contribution < -0.4 is 10.1 Å². The predicted octanol–water partition coefficient (Wildman–Crippen LogP) is 2.00. The van der Waals surface area contributed by atoms with Gasteiger partial charge in [-0.25, -0.2) is 0 Å². The Kier molecular flexibility index (Phi) is 2.68. The van der Waals surface area contributed by atoms with Gasteiger partial charge in [-0.3, -0.25) is 4.79 Å². The fraction of sp³-hybridized carbons (Fsp3) is 0.417. The molecule has 0 radical (unpaired) electrons. The van der Waals surface area contributed by atoms with Crippen molar-refractivity contribution in [2.45, 2.75) is 18.9 Å². The Morgan fingerprint density at radius 3 is 3.06 bits per heavy atom. The summed E-state index contributed by atoms with van der Waals surface area (Å²) in [7, 11) is 0. The van der Waals surface area contributed by atoms with Gasteiger partial charge < -0.3 is 14.8 Å². The maximum Gasteiger partial charge on any atom is 0.224 e. The minimum absolute atomic E-state index is 0.0382. The van der Waals surface area contributed by atoms with Crippen molar-refractivity contribution in [3.63, 3.8) is 0 Å². The van der Waals surface area contributed by atoms with E-state index in [9.17, 15) is 4.79 Å². The van der Waals surface area contributed by atoms with E-state index in [1.54, 1.807) is 6.07 Å². The van der Waals surface area contributed by atoms with Crippen LogP contribution in [0.2, 0.25) is 5.02 Å². The zero-order valence-corrected chi connectivity index (χ0v) is 9.92. The molecule has 2 heterocycles. The number of fused-ring (bicyclic) bond motifs is 1. The van der Waals surface area contributed by atoms with Crippen LogP contribution in [0, 0.1) is 0 Å². The SMILES string of the molecule is O=C1CCc2c(ccc(Cl)c2OCC2CO2)N1. The number of halogens is 1. The summed E-state index contributed by atoms with van der Waals surface area (Å²) in [6.45, 7) is 1.27. The molecule has 1 fully saturated rings. The van der Waals surface area contributed by atoms with Crippen molar-refractivity contribution >= 4 is 23.2 Å². The van der Waals surface area contributed by atoms with Gasteiger partial charge in [-0.2, -0.15) is 0 Å². The van der Waals surface area contributed by atoms with Crippen molar-refractivity contribution in [2.75, 3.05) is 18.5 Å². The Bertz CT molecular complexity index is 471. The summed E-state index contributed by atoms with van der Waals surface area (Å²) in [6, 6.07) is 3.56. The molecule has 5 heteroatoms. The van der Waals surface area contributed by atoms with Crippen LogP contribution in [0.4, 0.5) is 5.69 Å². The fourth-order valence-electron chi connectivity index (χ4n) is 1.91. The molecule has 0 bridgehead atoms. The highest BCUT2D eigenvalue weighted by molar-refractivity contribution is 6.32. The molecule has 0 aromatic heterocycles. The van der Waals surface area contributed by atoms with Gasteiger partial charge in [-0.15, -0.1) is 0 Å². The quantitative estimate of drug-likeness (QED) is 0.839. The van der Waals surface area contributed by atoms with Gasteiger partial charge in [0.1, 0.15) is 18.5 Å². The molecule has 1 aromatic rings. The third kappa shape index (κ3) is 2.23. The van der Waals surface area contributed by atoms with E-state index in [2.05, 4.69) is 5.32 Å². The number of hydrogen-bond donors (Lipinski definition) is 1. The van der Waals surface area contributed by atoms with E-state index in [0.717, 1.165) is 17.9 Å². The number of ether oxygens (including phenoxy) is 2. The third-order valence-corrected chi connectivity index (χ3v) is 3.20. The largest absolute Gasteiger partial charge is 0.489 e. The smallest absolute Gasteiger partial charge is 0.224 e. The molecule has 1 N–H and O–H groups in total. The van der Waals surface area contributed by atoms with Crippen LogP contribution in [0.25, 0.3) is 0 Å². The second-order valence-electron chi connectivity index (χ2n) is 4.22. The van der Waals surface area contributed by atoms with Crippen molar-refractivity contribution in [2.24, 2.45) is 0 Å². The number of benzene rings is 1. The van der Waals surface area contributed by atoms with E-state index in [4.69, 9.17) is 21.1 Å². The maximum absolute atomic E-state index is 11.3. The summed E-state index contributed by atoms with van der Waals surface area (Å²) in [5.41, 5.74) is 1.79. The lowest BCUT2D eigenvalue weighted by Gasteiger charge is -2.20. The van der Waals surface area contributed by atoms with Gasteiger partial charge in [0.2, 0.25) is 5.91 Å². The highest BCUT2D eigenvalue weighted by Gasteiger charge is 2.26. The standard InChI is InChI=1S/C12H12ClNO3/c13-9-2-3-10-8(1-4-11(15)14-10)12(9)17-6-7-5-16-7/h2-3,7H,1,4-6H2,(H,14,15). The van der Waals surface area contributed by atoms with Crippen molar-refractivity contribution < 1.29 is 14.3 Å². The first-order valence-electron chi connectivity index (χ1n) is 5.59. The monoisotopic (exact) mass is 253 g/mol. The normalized spacial score (nSPS) is 21.7. The number of amides is 1. The first-order valence-corrected chi connectivity index (χ1v) is 5.97. The third-order valence-electron chi connectivity index (χ3n) is 2.90. The molecule has 4 nitrogen and oxygen atoms in total. The lowest BCUT2D eigenvalue weighted by Crippen LogP contribution is -2.20. The molecular weight excluding hydrogens is 242 g/mol. The zero-order chi connectivity index (χ0) is 11.8. The van der Waals surface area contributed by atoms with E-state index in [0.29, 0.717) is 30.2 Å². The number of nitrogens with one attached hydrogen (secondary N) is 1. The Labute approximate surface area is 104 Å². The first-order chi connectivity index (χ1) is 8.24. The van der Waals surface area contributed by atoms with Gasteiger partial charge in [-0.05, 0) is 18.6 Å². The molecule has 1 aromatic carbocycles. The van der Waals surface area contributed by atoms with Crippen LogP contribution in [-0.2, 0) is 16.0 Å². The summed E-state index contributed by atoms with van der Waals surface area (Å²) in [5.74, 6) is 0.718. The van der Waals surface area contributed by atoms with Gasteiger partial charge in [-0.1, -0.05) is 11.6 Å². The fourth-order valence-corrected chi connectivity index (χ4v) is 2.14. The predicted molar refractivity (Wildman–Crippen MR) is 63.6 cm³/mol. The molecule has 0 aliphatic carbocycles. The van der Waals surface area contributed by atoms with Crippen molar-refractivity contribution in [1.29, 1.82) is 0 Å². The molecule has 1 unspecified atom stereocenters. The minimum atomic E-state index is 0.0382. The summed E-state index contributed by atoms with van der Waals surface area (Å²) in [4.78, 5) is 11.3. The minimum Gasteiger partial charge on any atom is -0.489 e. The molecule has 90 valence electrons. The van der Waals surface area contributed by atoms with Crippen LogP contribution >= 0.6 is 11.6 Å². The average molecular weight is 254 g/mol. The van der Waals surface area contributed by atoms with Crippen molar-refractivity contribution in [1.82, 2.24) is 0 Å². The molecular formula is C12H12ClNO3. The second-order valence-corrected chi connectivity index (χ2v) is 4.62. The number of carbonyl (C=O) groups is 1. The summed E-state index contributed by atoms with van der Waals surface area (Å²) >= 11 is 6.12. The number of rotatable bonds is 3. The van der Waals surface area contributed by atoms with Crippen LogP contribution in [-0.4, -0.2) is 25.2 Å². The average Bonchev–Trinajstić information content (AvgIpc) is 3.12. The number of epoxide rings is 1. The molecule has 2 aliphatic heterocycles. The molecule has 1 amide bonds. The van der Waals surface area contributed by atoms with Gasteiger partial charge in [0.25, 0.3) is 0 Å².